The van der Waals surface area contributed by atoms with Crippen molar-refractivity contribution >= 4 is 35.1 Å². The lowest BCUT2D eigenvalue weighted by molar-refractivity contribution is -0.125. The lowest BCUT2D eigenvalue weighted by Crippen LogP contribution is -2.37. The van der Waals surface area contributed by atoms with E-state index in [1.807, 2.05) is 0 Å². The van der Waals surface area contributed by atoms with Crippen LogP contribution in [0.1, 0.15) is 6.92 Å². The molecular weight excluding hydrogens is 158 g/mol. The van der Waals surface area contributed by atoms with Gasteiger partial charge in [-0.25, -0.2) is 10.9 Å². The first-order valence-electron chi connectivity index (χ1n) is 1.84. The zero-order valence-corrected chi connectivity index (χ0v) is 6.71. The van der Waals surface area contributed by atoms with Gasteiger partial charge in [0.25, 0.3) is 0 Å². The quantitative estimate of drug-likeness (QED) is 0.157. The summed E-state index contributed by atoms with van der Waals surface area (Å²) in [5.74, 6) is 4.71. The molecule has 0 fully saturated rings. The Kier molecular flexibility index (Phi) is 6.04. The van der Waals surface area contributed by atoms with E-state index < -0.39 is 0 Å². The molecule has 4 nitrogen and oxygen atoms in total. The van der Waals surface area contributed by atoms with Crippen LogP contribution >= 0.6 is 24.8 Å². The summed E-state index contributed by atoms with van der Waals surface area (Å²) in [7, 11) is 0. The van der Waals surface area contributed by atoms with E-state index in [2.05, 4.69) is 24.8 Å². The highest BCUT2D eigenvalue weighted by Crippen LogP contribution is 1.87. The van der Waals surface area contributed by atoms with Gasteiger partial charge in [0.05, 0.1) is 0 Å². The molecule has 0 rings (SSSR count). The zero-order chi connectivity index (χ0) is 6.73. The molecule has 0 unspecified atom stereocenters. The Bertz CT molecular complexity index is 112. The van der Waals surface area contributed by atoms with Crippen LogP contribution < -0.4 is 12.0 Å². The molecule has 0 heterocycles. The van der Waals surface area contributed by atoms with Crippen LogP contribution in [0, 0.1) is 0 Å². The molecule has 6 heteroatoms. The molecule has 0 aromatic carbocycles. The average molecular weight is 167 g/mol. The van der Waals surface area contributed by atoms with Crippen molar-refractivity contribution in [2.24, 2.45) is 5.84 Å². The Morgan fingerprint density at radius 1 is 1.78 bits per heavy atom. The van der Waals surface area contributed by atoms with Gasteiger partial charge < -0.3 is 6.15 Å². The number of nitrogens with zero attached hydrogens (tertiary/aromatic N) is 1. The summed E-state index contributed by atoms with van der Waals surface area (Å²) in [4.78, 5) is 10.2. The van der Waals surface area contributed by atoms with E-state index in [-0.39, 0.29) is 16.4 Å². The van der Waals surface area contributed by atoms with Crippen LogP contribution in [0.3, 0.4) is 0 Å². The second kappa shape index (κ2) is 4.68. The lowest BCUT2D eigenvalue weighted by atomic mass is 10.7. The minimum atomic E-state index is -0.315. The Morgan fingerprint density at radius 2 is 2.11 bits per heavy atom. The maximum absolute atomic E-state index is 10.2. The Hall–Kier alpha value is -0.170. The third-order valence-corrected chi connectivity index (χ3v) is 0.958. The molecule has 9 heavy (non-hydrogen) atoms. The molecular formula is C3H9N3OS2. The normalized spacial score (nSPS) is 7.44. The minimum Gasteiger partial charge on any atom is -0.344 e. The monoisotopic (exact) mass is 167 g/mol. The Labute approximate surface area is 64.4 Å². The molecule has 5 N–H and O–H groups in total. The topological polar surface area (TPSA) is 81.3 Å². The molecule has 0 radical (unpaired) electrons. The number of thiol groups is 1. The number of thiocarbonyl (C=S) groups is 1. The maximum Gasteiger partial charge on any atom is 0.239 e. The van der Waals surface area contributed by atoms with E-state index in [0.29, 0.717) is 0 Å². The number of nitrogens with two attached hydrogens (primary N) is 1. The third-order valence-electron chi connectivity index (χ3n) is 0.545. The van der Waals surface area contributed by atoms with Crippen molar-refractivity contribution in [3.05, 3.63) is 0 Å². The van der Waals surface area contributed by atoms with Crippen LogP contribution in [0.2, 0.25) is 0 Å². The minimum absolute atomic E-state index is 0. The number of hydrogen-bond acceptors (Lipinski definition) is 4. The highest BCUT2D eigenvalue weighted by Gasteiger charge is 2.02. The van der Waals surface area contributed by atoms with Crippen LogP contribution in [-0.2, 0) is 4.79 Å². The van der Waals surface area contributed by atoms with Crippen LogP contribution in [0.5, 0.6) is 0 Å². The highest BCUT2D eigenvalue weighted by atomic mass is 32.1. The van der Waals surface area contributed by atoms with E-state index in [0.717, 1.165) is 5.01 Å². The van der Waals surface area contributed by atoms with Crippen molar-refractivity contribution in [1.82, 2.24) is 11.2 Å². The summed E-state index contributed by atoms with van der Waals surface area (Å²) in [6.07, 6.45) is 0. The van der Waals surface area contributed by atoms with Crippen LogP contribution in [0.4, 0.5) is 0 Å². The van der Waals surface area contributed by atoms with Crippen LogP contribution in [-0.4, -0.2) is 15.2 Å². The SMILES string of the molecule is CC(=O)N(N)C(=S)S.N. The third kappa shape index (κ3) is 4.34. The number of carbonyl (C=O) groups is 1. The Balaban J connectivity index is 0. The molecule has 0 saturated carbocycles. The van der Waals surface area contributed by atoms with E-state index >= 15 is 0 Å². The summed E-state index contributed by atoms with van der Waals surface area (Å²) in [5, 5.41) is 0.790. The predicted molar refractivity (Wildman–Crippen MR) is 43.3 cm³/mol. The first kappa shape index (κ1) is 11.6. The number of carbonyl (C=O) groups excluding carboxylic acids is 1. The molecule has 0 saturated heterocycles. The molecule has 0 aliphatic rings. The predicted octanol–water partition coefficient (Wildman–Crippen LogP) is 0.0853. The average Bonchev–Trinajstić information content (AvgIpc) is 1.64. The van der Waals surface area contributed by atoms with E-state index in [1.165, 1.54) is 6.92 Å². The largest absolute Gasteiger partial charge is 0.344 e. The first-order valence-corrected chi connectivity index (χ1v) is 2.69. The van der Waals surface area contributed by atoms with Gasteiger partial charge in [0.1, 0.15) is 0 Å². The summed E-state index contributed by atoms with van der Waals surface area (Å²) in [6, 6.07) is 0. The van der Waals surface area contributed by atoms with Gasteiger partial charge in [-0.2, -0.15) is 0 Å². The molecule has 0 aliphatic heterocycles. The number of rotatable bonds is 0. The van der Waals surface area contributed by atoms with Gasteiger partial charge in [-0.3, -0.25) is 4.79 Å². The van der Waals surface area contributed by atoms with E-state index in [4.69, 9.17) is 5.84 Å². The van der Waals surface area contributed by atoms with Gasteiger partial charge in [0.15, 0.2) is 4.32 Å². The number of hydrogen-bond donors (Lipinski definition) is 3. The zero-order valence-electron chi connectivity index (χ0n) is 5.00. The van der Waals surface area contributed by atoms with Gasteiger partial charge in [0.2, 0.25) is 5.91 Å². The summed E-state index contributed by atoms with van der Waals surface area (Å²) >= 11 is 8.08. The molecule has 0 aliphatic carbocycles. The summed E-state index contributed by atoms with van der Waals surface area (Å²) < 4.78 is 0.0810. The fourth-order valence-corrected chi connectivity index (χ4v) is 0.404. The smallest absolute Gasteiger partial charge is 0.239 e. The molecule has 54 valence electrons. The fourth-order valence-electron chi connectivity index (χ4n) is 0.135. The number of hydrazine groups is 1. The van der Waals surface area contributed by atoms with Gasteiger partial charge in [0, 0.05) is 6.92 Å². The van der Waals surface area contributed by atoms with Gasteiger partial charge in [-0.05, 0) is 0 Å². The Morgan fingerprint density at radius 3 is 2.11 bits per heavy atom. The highest BCUT2D eigenvalue weighted by molar-refractivity contribution is 8.11. The molecule has 0 spiro atoms. The molecule has 0 aromatic heterocycles. The van der Waals surface area contributed by atoms with Crippen LogP contribution in [0.25, 0.3) is 0 Å². The van der Waals surface area contributed by atoms with Gasteiger partial charge in [-0.1, -0.05) is 12.2 Å². The van der Waals surface area contributed by atoms with E-state index in [1.54, 1.807) is 0 Å². The van der Waals surface area contributed by atoms with Gasteiger partial charge in [-0.15, -0.1) is 12.6 Å². The molecule has 0 bridgehead atoms. The number of amides is 1. The molecule has 1 amide bonds. The van der Waals surface area contributed by atoms with Crippen molar-refractivity contribution in [1.29, 1.82) is 0 Å². The van der Waals surface area contributed by atoms with Crippen molar-refractivity contribution in [2.75, 3.05) is 0 Å². The maximum atomic E-state index is 10.2. The second-order valence-electron chi connectivity index (χ2n) is 1.17. The fraction of sp³-hybridized carbons (Fsp3) is 0.333. The van der Waals surface area contributed by atoms with Crippen molar-refractivity contribution in [3.8, 4) is 0 Å². The van der Waals surface area contributed by atoms with Crippen molar-refractivity contribution in [3.63, 3.8) is 0 Å². The van der Waals surface area contributed by atoms with Crippen molar-refractivity contribution < 1.29 is 4.79 Å². The van der Waals surface area contributed by atoms with Gasteiger partial charge >= 0.3 is 0 Å². The summed E-state index contributed by atoms with van der Waals surface area (Å²) in [6.45, 7) is 1.31. The lowest BCUT2D eigenvalue weighted by Gasteiger charge is -2.08. The summed E-state index contributed by atoms with van der Waals surface area (Å²) in [5.41, 5.74) is 0. The van der Waals surface area contributed by atoms with E-state index in [9.17, 15) is 4.79 Å². The molecule has 0 atom stereocenters. The molecule has 0 aromatic rings. The standard InChI is InChI=1S/C3H6N2OS2.H3N/c1-2(6)5(4)3(7)8;/h4H2,1H3,(H,7,8);1H3. The first-order chi connectivity index (χ1) is 3.55. The van der Waals surface area contributed by atoms with Crippen LogP contribution in [0.15, 0.2) is 0 Å². The van der Waals surface area contributed by atoms with Crippen molar-refractivity contribution in [2.45, 2.75) is 6.92 Å². The second-order valence-corrected chi connectivity index (χ2v) is 2.28.